The Morgan fingerprint density at radius 2 is 1.61 bits per heavy atom. The van der Waals surface area contributed by atoms with Crippen LogP contribution >= 0.6 is 0 Å². The van der Waals surface area contributed by atoms with Crippen molar-refractivity contribution in [1.29, 1.82) is 0 Å². The van der Waals surface area contributed by atoms with Gasteiger partial charge in [0, 0.05) is 20.1 Å². The fourth-order valence-corrected chi connectivity index (χ4v) is 2.85. The van der Waals surface area contributed by atoms with Gasteiger partial charge in [0.15, 0.2) is 24.1 Å². The third kappa shape index (κ3) is 7.92. The van der Waals surface area contributed by atoms with Gasteiger partial charge in [0.1, 0.15) is 5.75 Å². The Morgan fingerprint density at radius 3 is 2.26 bits per heavy atom. The molecule has 0 radical (unpaired) electrons. The minimum atomic E-state index is -4.41. The highest BCUT2D eigenvalue weighted by Crippen LogP contribution is 2.29. The number of benzene rings is 2. The topological polar surface area (TPSA) is 64.1 Å². The predicted octanol–water partition coefficient (Wildman–Crippen LogP) is 3.86. The molecule has 0 atom stereocenters. The van der Waals surface area contributed by atoms with Crippen LogP contribution < -0.4 is 24.8 Å². The fraction of sp³-hybridized carbons (Fsp3) is 0.409. The molecule has 2 aromatic rings. The van der Waals surface area contributed by atoms with Crippen molar-refractivity contribution >= 4 is 5.96 Å². The summed E-state index contributed by atoms with van der Waals surface area (Å²) in [4.78, 5) is 4.19. The molecular weight excluding hydrogens is 411 g/mol. The van der Waals surface area contributed by atoms with Gasteiger partial charge in [0.25, 0.3) is 0 Å². The SMILES string of the molecule is CN=C(NCCc1ccc(C)c(OC)c1)NCc1ccc(OCC(F)(F)F)c(OC)c1. The molecule has 0 aliphatic rings. The average molecular weight is 439 g/mol. The molecule has 0 heterocycles. The van der Waals surface area contributed by atoms with Crippen LogP contribution in [0.2, 0.25) is 0 Å². The molecule has 170 valence electrons. The summed E-state index contributed by atoms with van der Waals surface area (Å²) in [5.41, 5.74) is 3.04. The smallest absolute Gasteiger partial charge is 0.422 e. The van der Waals surface area contributed by atoms with E-state index in [2.05, 4.69) is 21.7 Å². The Kier molecular flexibility index (Phi) is 8.84. The van der Waals surface area contributed by atoms with E-state index in [1.54, 1.807) is 26.3 Å². The minimum absolute atomic E-state index is 0.0413. The van der Waals surface area contributed by atoms with Gasteiger partial charge in [-0.1, -0.05) is 18.2 Å². The summed E-state index contributed by atoms with van der Waals surface area (Å²) in [6.45, 7) is 1.70. The maximum Gasteiger partial charge on any atom is 0.422 e. The molecule has 0 aliphatic carbocycles. The second kappa shape index (κ2) is 11.3. The third-order valence-corrected chi connectivity index (χ3v) is 4.48. The molecule has 0 saturated carbocycles. The molecule has 2 N–H and O–H groups in total. The van der Waals surface area contributed by atoms with Gasteiger partial charge in [0.05, 0.1) is 14.2 Å². The molecule has 2 rings (SSSR count). The van der Waals surface area contributed by atoms with Crippen molar-refractivity contribution in [2.75, 3.05) is 34.4 Å². The van der Waals surface area contributed by atoms with E-state index in [1.165, 1.54) is 13.2 Å². The summed E-state index contributed by atoms with van der Waals surface area (Å²) < 4.78 is 52.4. The maximum absolute atomic E-state index is 12.4. The Bertz CT molecular complexity index is 886. The average Bonchev–Trinajstić information content (AvgIpc) is 2.75. The van der Waals surface area contributed by atoms with E-state index < -0.39 is 12.8 Å². The normalized spacial score (nSPS) is 11.8. The van der Waals surface area contributed by atoms with Crippen molar-refractivity contribution in [1.82, 2.24) is 10.6 Å². The first-order valence-corrected chi connectivity index (χ1v) is 9.70. The summed E-state index contributed by atoms with van der Waals surface area (Å²) in [5, 5.41) is 6.40. The van der Waals surface area contributed by atoms with Gasteiger partial charge in [-0.3, -0.25) is 4.99 Å². The Hall–Kier alpha value is -3.10. The molecule has 31 heavy (non-hydrogen) atoms. The lowest BCUT2D eigenvalue weighted by molar-refractivity contribution is -0.153. The van der Waals surface area contributed by atoms with E-state index in [-0.39, 0.29) is 11.5 Å². The van der Waals surface area contributed by atoms with Crippen LogP contribution in [0.5, 0.6) is 17.2 Å². The van der Waals surface area contributed by atoms with E-state index in [9.17, 15) is 13.2 Å². The number of hydrogen-bond donors (Lipinski definition) is 2. The van der Waals surface area contributed by atoms with Crippen LogP contribution in [0.25, 0.3) is 0 Å². The first kappa shape index (κ1) is 24.2. The highest BCUT2D eigenvalue weighted by molar-refractivity contribution is 5.79. The zero-order valence-electron chi connectivity index (χ0n) is 18.1. The monoisotopic (exact) mass is 439 g/mol. The van der Waals surface area contributed by atoms with Gasteiger partial charge < -0.3 is 24.8 Å². The van der Waals surface area contributed by atoms with Crippen LogP contribution in [-0.2, 0) is 13.0 Å². The van der Waals surface area contributed by atoms with Crippen molar-refractivity contribution in [3.63, 3.8) is 0 Å². The quantitative estimate of drug-likeness (QED) is 0.459. The second-order valence-corrected chi connectivity index (χ2v) is 6.80. The van der Waals surface area contributed by atoms with E-state index >= 15 is 0 Å². The first-order chi connectivity index (χ1) is 14.8. The molecule has 9 heteroatoms. The molecule has 0 aromatic heterocycles. The van der Waals surface area contributed by atoms with Gasteiger partial charge in [-0.05, 0) is 48.2 Å². The summed E-state index contributed by atoms with van der Waals surface area (Å²) in [6.07, 6.45) is -3.62. The number of ether oxygens (including phenoxy) is 3. The molecule has 0 spiro atoms. The third-order valence-electron chi connectivity index (χ3n) is 4.48. The summed E-state index contributed by atoms with van der Waals surface area (Å²) in [6, 6.07) is 10.9. The Morgan fingerprint density at radius 1 is 0.935 bits per heavy atom. The highest BCUT2D eigenvalue weighted by atomic mass is 19.4. The molecule has 2 aromatic carbocycles. The molecule has 0 bridgehead atoms. The van der Waals surface area contributed by atoms with Gasteiger partial charge in [0.2, 0.25) is 0 Å². The van der Waals surface area contributed by atoms with E-state index in [4.69, 9.17) is 14.2 Å². The number of hydrogen-bond acceptors (Lipinski definition) is 4. The lowest BCUT2D eigenvalue weighted by Gasteiger charge is -2.15. The lowest BCUT2D eigenvalue weighted by atomic mass is 10.1. The van der Waals surface area contributed by atoms with Crippen LogP contribution in [0.3, 0.4) is 0 Å². The van der Waals surface area contributed by atoms with Crippen molar-refractivity contribution in [3.05, 3.63) is 53.1 Å². The lowest BCUT2D eigenvalue weighted by Crippen LogP contribution is -2.37. The van der Waals surface area contributed by atoms with Gasteiger partial charge in [-0.2, -0.15) is 13.2 Å². The number of nitrogens with zero attached hydrogens (tertiary/aromatic N) is 1. The van der Waals surface area contributed by atoms with Crippen LogP contribution in [0.1, 0.15) is 16.7 Å². The van der Waals surface area contributed by atoms with E-state index in [1.807, 2.05) is 19.1 Å². The maximum atomic E-state index is 12.4. The number of aliphatic imine (C=N–C) groups is 1. The molecule has 0 fully saturated rings. The zero-order chi connectivity index (χ0) is 22.9. The number of methoxy groups -OCH3 is 2. The Labute approximate surface area is 180 Å². The van der Waals surface area contributed by atoms with Crippen molar-refractivity contribution in [2.24, 2.45) is 4.99 Å². The summed E-state index contributed by atoms with van der Waals surface area (Å²) in [5.74, 6) is 1.74. The van der Waals surface area contributed by atoms with Crippen molar-refractivity contribution in [3.8, 4) is 17.2 Å². The zero-order valence-corrected chi connectivity index (χ0v) is 18.1. The van der Waals surface area contributed by atoms with Gasteiger partial charge in [-0.25, -0.2) is 0 Å². The molecule has 0 amide bonds. The number of halogens is 3. The number of guanidine groups is 1. The van der Waals surface area contributed by atoms with Crippen LogP contribution in [-0.4, -0.2) is 46.6 Å². The number of aryl methyl sites for hydroxylation is 1. The van der Waals surface area contributed by atoms with Gasteiger partial charge >= 0.3 is 6.18 Å². The van der Waals surface area contributed by atoms with E-state index in [0.717, 1.165) is 28.9 Å². The molecule has 0 saturated heterocycles. The molecule has 0 aliphatic heterocycles. The first-order valence-electron chi connectivity index (χ1n) is 9.70. The minimum Gasteiger partial charge on any atom is -0.496 e. The predicted molar refractivity (Wildman–Crippen MR) is 114 cm³/mol. The van der Waals surface area contributed by atoms with Crippen LogP contribution in [0.4, 0.5) is 13.2 Å². The highest BCUT2D eigenvalue weighted by Gasteiger charge is 2.29. The van der Waals surface area contributed by atoms with Crippen molar-refractivity contribution in [2.45, 2.75) is 26.1 Å². The van der Waals surface area contributed by atoms with E-state index in [0.29, 0.717) is 19.0 Å². The number of nitrogens with one attached hydrogen (secondary N) is 2. The van der Waals surface area contributed by atoms with Gasteiger partial charge in [-0.15, -0.1) is 0 Å². The Balaban J connectivity index is 1.87. The summed E-state index contributed by atoms with van der Waals surface area (Å²) in [7, 11) is 4.70. The molecular formula is C22H28F3N3O3. The van der Waals surface area contributed by atoms with Crippen LogP contribution in [0.15, 0.2) is 41.4 Å². The number of alkyl halides is 3. The number of rotatable bonds is 9. The second-order valence-electron chi connectivity index (χ2n) is 6.80. The molecule has 6 nitrogen and oxygen atoms in total. The molecule has 0 unspecified atom stereocenters. The summed E-state index contributed by atoms with van der Waals surface area (Å²) >= 11 is 0. The standard InChI is InChI=1S/C22H28F3N3O3/c1-15-5-6-16(11-19(15)29-3)9-10-27-21(26-2)28-13-17-7-8-18(20(12-17)30-4)31-14-22(23,24)25/h5-8,11-12H,9-10,13-14H2,1-4H3,(H2,26,27,28). The van der Waals surface area contributed by atoms with Crippen molar-refractivity contribution < 1.29 is 27.4 Å². The fourth-order valence-electron chi connectivity index (χ4n) is 2.85. The largest absolute Gasteiger partial charge is 0.496 e. The van der Waals surface area contributed by atoms with Crippen LogP contribution in [0, 0.1) is 6.92 Å².